The Morgan fingerprint density at radius 2 is 1.94 bits per heavy atom. The van der Waals surface area contributed by atoms with Crippen molar-refractivity contribution in [3.63, 3.8) is 0 Å². The van der Waals surface area contributed by atoms with E-state index in [0.717, 1.165) is 16.7 Å². The number of morpholine rings is 1. The molecule has 2 fully saturated rings. The standard InChI is InChI=1S/C26H27N3O5/c1-17-5-10-22(25(31)27-17)29-14-21-20(26(29)32)3-2-4-23(21)34-15-19-8-6-18(7-9-19)13-28-11-12-33-16-24(28)30/h2-4,6-9,22H,1,5,10-16H2,(H,27,31)/i12D2,16D. The highest BCUT2D eigenvalue weighted by molar-refractivity contribution is 6.02. The molecule has 176 valence electrons. The number of hydrogen-bond donors (Lipinski definition) is 1. The fourth-order valence-corrected chi connectivity index (χ4v) is 4.39. The van der Waals surface area contributed by atoms with Crippen LogP contribution in [0.15, 0.2) is 54.7 Å². The van der Waals surface area contributed by atoms with Crippen LogP contribution in [0.4, 0.5) is 0 Å². The van der Waals surface area contributed by atoms with E-state index >= 15 is 0 Å². The number of nitrogens with zero attached hydrogens (tertiary/aromatic N) is 2. The van der Waals surface area contributed by atoms with Crippen LogP contribution in [-0.4, -0.2) is 53.2 Å². The Hall–Kier alpha value is -3.65. The van der Waals surface area contributed by atoms with Gasteiger partial charge in [0, 0.05) is 29.9 Å². The van der Waals surface area contributed by atoms with E-state index in [2.05, 4.69) is 11.9 Å². The molecule has 0 aromatic heterocycles. The number of carbonyl (C=O) groups is 3. The fourth-order valence-electron chi connectivity index (χ4n) is 4.39. The predicted molar refractivity (Wildman–Crippen MR) is 124 cm³/mol. The molecular formula is C26H27N3O5. The number of allylic oxidation sites excluding steroid dienone is 1. The van der Waals surface area contributed by atoms with Crippen LogP contribution in [0.2, 0.25) is 0 Å². The minimum absolute atomic E-state index is 0.171. The number of fused-ring (bicyclic) bond motifs is 1. The first-order chi connectivity index (χ1) is 17.6. The number of hydrogen-bond acceptors (Lipinski definition) is 5. The monoisotopic (exact) mass is 464 g/mol. The van der Waals surface area contributed by atoms with Crippen LogP contribution in [-0.2, 0) is 34.0 Å². The lowest BCUT2D eigenvalue weighted by Gasteiger charge is -2.31. The van der Waals surface area contributed by atoms with Gasteiger partial charge in [-0.25, -0.2) is 0 Å². The lowest BCUT2D eigenvalue weighted by atomic mass is 10.0. The summed E-state index contributed by atoms with van der Waals surface area (Å²) in [4.78, 5) is 40.5. The van der Waals surface area contributed by atoms with Gasteiger partial charge in [-0.1, -0.05) is 36.9 Å². The molecule has 2 saturated heterocycles. The third-order valence-corrected chi connectivity index (χ3v) is 6.25. The Morgan fingerprint density at radius 3 is 2.74 bits per heavy atom. The van der Waals surface area contributed by atoms with Gasteiger partial charge in [0.2, 0.25) is 11.8 Å². The average molecular weight is 465 g/mol. The summed E-state index contributed by atoms with van der Waals surface area (Å²) in [6.07, 6.45) is 1.17. The zero-order valence-electron chi connectivity index (χ0n) is 21.6. The highest BCUT2D eigenvalue weighted by Crippen LogP contribution is 2.34. The van der Waals surface area contributed by atoms with Gasteiger partial charge in [0.15, 0.2) is 0 Å². The number of amides is 3. The Labute approximate surface area is 202 Å². The molecule has 34 heavy (non-hydrogen) atoms. The normalized spacial score (nSPS) is 25.4. The van der Waals surface area contributed by atoms with Crippen molar-refractivity contribution in [2.24, 2.45) is 0 Å². The molecule has 0 aliphatic carbocycles. The SMILES string of the molecule is [2H]C1OC([2H])([2H])CN(Cc2ccc(COc3cccc4c3CN(C3CCC(=C)NC3=O)C4=O)cc2)C1=O. The first-order valence-corrected chi connectivity index (χ1v) is 11.1. The maximum absolute atomic E-state index is 13.0. The number of nitrogens with one attached hydrogen (secondary N) is 1. The van der Waals surface area contributed by atoms with E-state index in [1.165, 1.54) is 4.90 Å². The molecule has 3 heterocycles. The van der Waals surface area contributed by atoms with Crippen molar-refractivity contribution in [2.45, 2.75) is 38.6 Å². The van der Waals surface area contributed by atoms with Crippen LogP contribution < -0.4 is 10.1 Å². The van der Waals surface area contributed by atoms with E-state index in [9.17, 15) is 14.4 Å². The van der Waals surface area contributed by atoms with E-state index in [1.54, 1.807) is 17.0 Å². The van der Waals surface area contributed by atoms with E-state index in [1.807, 2.05) is 30.3 Å². The molecule has 8 heteroatoms. The molecule has 0 spiro atoms. The largest absolute Gasteiger partial charge is 0.489 e. The van der Waals surface area contributed by atoms with Gasteiger partial charge >= 0.3 is 0 Å². The number of rotatable bonds is 6. The van der Waals surface area contributed by atoms with Crippen LogP contribution >= 0.6 is 0 Å². The Morgan fingerprint density at radius 1 is 1.15 bits per heavy atom. The molecule has 3 aliphatic heterocycles. The van der Waals surface area contributed by atoms with E-state index < -0.39 is 25.1 Å². The van der Waals surface area contributed by atoms with Crippen molar-refractivity contribution in [3.05, 3.63) is 77.0 Å². The third-order valence-electron chi connectivity index (χ3n) is 6.25. The smallest absolute Gasteiger partial charge is 0.255 e. The maximum Gasteiger partial charge on any atom is 0.255 e. The van der Waals surface area contributed by atoms with Crippen molar-refractivity contribution in [1.82, 2.24) is 15.1 Å². The average Bonchev–Trinajstić information content (AvgIpc) is 3.18. The second kappa shape index (κ2) is 9.30. The van der Waals surface area contributed by atoms with Gasteiger partial charge in [0.25, 0.3) is 5.91 Å². The summed E-state index contributed by atoms with van der Waals surface area (Å²) in [5, 5.41) is 2.74. The number of ether oxygens (including phenoxy) is 2. The predicted octanol–water partition coefficient (Wildman–Crippen LogP) is 2.37. The van der Waals surface area contributed by atoms with Gasteiger partial charge in [-0.2, -0.15) is 0 Å². The molecule has 3 aliphatic rings. The van der Waals surface area contributed by atoms with Crippen LogP contribution in [0.5, 0.6) is 5.75 Å². The van der Waals surface area contributed by atoms with Crippen LogP contribution in [0.25, 0.3) is 0 Å². The van der Waals surface area contributed by atoms with Gasteiger partial charge in [-0.3, -0.25) is 14.4 Å². The molecule has 0 bridgehead atoms. The Kier molecular flexibility index (Phi) is 5.13. The molecule has 2 aromatic carbocycles. The van der Waals surface area contributed by atoms with Crippen molar-refractivity contribution in [3.8, 4) is 5.75 Å². The molecule has 2 atom stereocenters. The molecule has 2 aromatic rings. The molecule has 3 amide bonds. The number of benzene rings is 2. The molecule has 2 unspecified atom stereocenters. The van der Waals surface area contributed by atoms with Crippen molar-refractivity contribution >= 4 is 17.7 Å². The topological polar surface area (TPSA) is 88.2 Å². The van der Waals surface area contributed by atoms with Crippen LogP contribution in [0, 0.1) is 0 Å². The van der Waals surface area contributed by atoms with Crippen LogP contribution in [0.3, 0.4) is 0 Å². The van der Waals surface area contributed by atoms with Gasteiger partial charge < -0.3 is 24.6 Å². The molecule has 5 rings (SSSR count). The lowest BCUT2D eigenvalue weighted by Crippen LogP contribution is -2.49. The second-order valence-corrected chi connectivity index (χ2v) is 8.54. The van der Waals surface area contributed by atoms with Crippen molar-refractivity contribution in [2.75, 3.05) is 19.7 Å². The number of carbonyl (C=O) groups excluding carboxylic acids is 3. The molecular weight excluding hydrogens is 434 g/mol. The lowest BCUT2D eigenvalue weighted by molar-refractivity contribution is -0.143. The summed E-state index contributed by atoms with van der Waals surface area (Å²) in [5.74, 6) is -0.386. The number of piperidine rings is 1. The quantitative estimate of drug-likeness (QED) is 0.709. The Balaban J connectivity index is 1.23. The molecule has 0 radical (unpaired) electrons. The van der Waals surface area contributed by atoms with Gasteiger partial charge in [-0.15, -0.1) is 0 Å². The Bertz CT molecular complexity index is 1270. The highest BCUT2D eigenvalue weighted by atomic mass is 16.5. The summed E-state index contributed by atoms with van der Waals surface area (Å²) in [5.41, 5.74) is 3.62. The summed E-state index contributed by atoms with van der Waals surface area (Å²) in [7, 11) is 0. The summed E-state index contributed by atoms with van der Waals surface area (Å²) >= 11 is 0. The molecule has 1 N–H and O–H groups in total. The maximum atomic E-state index is 13.0. The van der Waals surface area contributed by atoms with E-state index in [-0.39, 0.29) is 31.5 Å². The van der Waals surface area contributed by atoms with E-state index in [0.29, 0.717) is 36.4 Å². The zero-order chi connectivity index (χ0) is 26.3. The van der Waals surface area contributed by atoms with Crippen molar-refractivity contribution < 1.29 is 28.0 Å². The van der Waals surface area contributed by atoms with Crippen LogP contribution in [0.1, 0.15) is 44.0 Å². The zero-order valence-corrected chi connectivity index (χ0v) is 18.6. The van der Waals surface area contributed by atoms with Crippen molar-refractivity contribution in [1.29, 1.82) is 0 Å². The second-order valence-electron chi connectivity index (χ2n) is 8.54. The van der Waals surface area contributed by atoms with Gasteiger partial charge in [-0.05, 0) is 36.1 Å². The fraction of sp³-hybridized carbons (Fsp3) is 0.346. The first-order valence-electron chi connectivity index (χ1n) is 12.7. The molecule has 8 nitrogen and oxygen atoms in total. The van der Waals surface area contributed by atoms with E-state index in [4.69, 9.17) is 13.6 Å². The van der Waals surface area contributed by atoms with Gasteiger partial charge in [0.1, 0.15) is 25.0 Å². The van der Waals surface area contributed by atoms with Gasteiger partial charge in [0.05, 0.1) is 17.2 Å². The third kappa shape index (κ3) is 4.41. The minimum Gasteiger partial charge on any atom is -0.489 e. The molecule has 0 saturated carbocycles. The first kappa shape index (κ1) is 18.7. The summed E-state index contributed by atoms with van der Waals surface area (Å²) in [6.45, 7) is 0.651. The highest BCUT2D eigenvalue weighted by Gasteiger charge is 2.39. The summed E-state index contributed by atoms with van der Waals surface area (Å²) < 4.78 is 33.9. The minimum atomic E-state index is -2.06. The summed E-state index contributed by atoms with van der Waals surface area (Å²) in [6, 6.07) is 12.1.